The molecule has 3 aromatic rings. The summed E-state index contributed by atoms with van der Waals surface area (Å²) in [5.41, 5.74) is 5.76. The van der Waals surface area contributed by atoms with Crippen molar-refractivity contribution in [2.24, 2.45) is 0 Å². The third-order valence-corrected chi connectivity index (χ3v) is 11.9. The van der Waals surface area contributed by atoms with Crippen molar-refractivity contribution in [2.75, 3.05) is 31.7 Å². The molecule has 0 saturated heterocycles. The number of halogens is 1. The fraction of sp³-hybridized carbons (Fsp3) is 0.550. The van der Waals surface area contributed by atoms with Gasteiger partial charge in [0.05, 0.1) is 18.5 Å². The number of benzene rings is 2. The van der Waals surface area contributed by atoms with Gasteiger partial charge in [-0.1, -0.05) is 55.3 Å². The highest BCUT2D eigenvalue weighted by Crippen LogP contribution is 2.55. The largest absolute Gasteiger partial charge is 0.490 e. The van der Waals surface area contributed by atoms with Crippen LogP contribution in [0, 0.1) is 0 Å². The maximum atomic E-state index is 13.1. The summed E-state index contributed by atoms with van der Waals surface area (Å²) in [4.78, 5) is 18.7. The third kappa shape index (κ3) is 11.0. The van der Waals surface area contributed by atoms with Crippen molar-refractivity contribution in [2.45, 2.75) is 107 Å². The van der Waals surface area contributed by atoms with Gasteiger partial charge < -0.3 is 35.2 Å². The maximum absolute atomic E-state index is 13.1. The van der Waals surface area contributed by atoms with Gasteiger partial charge >= 0.3 is 0 Å². The lowest BCUT2D eigenvalue weighted by Gasteiger charge is -2.30. The van der Waals surface area contributed by atoms with Crippen LogP contribution in [-0.4, -0.2) is 112 Å². The Balaban J connectivity index is 1.19. The lowest BCUT2D eigenvalue weighted by atomic mass is 9.84. The van der Waals surface area contributed by atoms with E-state index in [1.165, 1.54) is 11.1 Å². The SMILES string of the molecule is CC(CCCCN(CCS(C)(=O)=O)C(=O)[C@@H](O)[C@@H](O)[C@H](O)[C@@H](O)CO)c1ccc(Cl)c(CCC2(c3cnccc3-c3ccccc3OC3CC3)CC2)c1. The van der Waals surface area contributed by atoms with Gasteiger partial charge in [-0.3, -0.25) is 9.78 Å². The zero-order valence-corrected chi connectivity index (χ0v) is 32.1. The number of carbonyl (C=O) groups excluding carboxylic acids is 1. The molecule has 1 amide bonds. The van der Waals surface area contributed by atoms with Gasteiger partial charge in [-0.15, -0.1) is 0 Å². The Morgan fingerprint density at radius 3 is 2.43 bits per heavy atom. The summed E-state index contributed by atoms with van der Waals surface area (Å²) >= 11 is 6.75. The molecule has 0 spiro atoms. The molecule has 2 aliphatic rings. The van der Waals surface area contributed by atoms with E-state index in [2.05, 4.69) is 42.2 Å². The number of rotatable bonds is 21. The van der Waals surface area contributed by atoms with Gasteiger partial charge in [0, 0.05) is 42.3 Å². The van der Waals surface area contributed by atoms with E-state index in [9.17, 15) is 33.6 Å². The number of aliphatic hydroxyl groups is 5. The molecule has 2 aromatic carbocycles. The van der Waals surface area contributed by atoms with Crippen molar-refractivity contribution in [1.29, 1.82) is 0 Å². The molecule has 5 atom stereocenters. The summed E-state index contributed by atoms with van der Waals surface area (Å²) in [7, 11) is -3.44. The number of pyridine rings is 1. The second kappa shape index (κ2) is 18.0. The zero-order valence-electron chi connectivity index (χ0n) is 30.5. The lowest BCUT2D eigenvalue weighted by molar-refractivity contribution is -0.158. The molecule has 5 N–H and O–H groups in total. The molecular formula is C40H53ClN2O9S. The number of ether oxygens (including phenoxy) is 1. The highest BCUT2D eigenvalue weighted by molar-refractivity contribution is 7.90. The Bertz CT molecular complexity index is 1800. The number of amides is 1. The van der Waals surface area contributed by atoms with E-state index in [-0.39, 0.29) is 30.2 Å². The number of aliphatic hydroxyl groups excluding tert-OH is 5. The molecule has 13 heteroatoms. The molecule has 290 valence electrons. The highest BCUT2D eigenvalue weighted by atomic mass is 35.5. The fourth-order valence-electron chi connectivity index (χ4n) is 6.86. The van der Waals surface area contributed by atoms with Gasteiger partial charge in [-0.2, -0.15) is 0 Å². The van der Waals surface area contributed by atoms with Crippen LogP contribution in [-0.2, 0) is 26.5 Å². The van der Waals surface area contributed by atoms with E-state index >= 15 is 0 Å². The second-order valence-electron chi connectivity index (χ2n) is 14.9. The molecule has 0 bridgehead atoms. The van der Waals surface area contributed by atoms with Crippen LogP contribution in [0.2, 0.25) is 5.02 Å². The maximum Gasteiger partial charge on any atom is 0.254 e. The topological polar surface area (TPSA) is 178 Å². The van der Waals surface area contributed by atoms with Crippen LogP contribution in [0.15, 0.2) is 60.9 Å². The quantitative estimate of drug-likeness (QED) is 0.0987. The van der Waals surface area contributed by atoms with Gasteiger partial charge in [-0.25, -0.2) is 8.42 Å². The molecule has 0 radical (unpaired) electrons. The fourth-order valence-corrected chi connectivity index (χ4v) is 7.63. The first-order valence-corrected chi connectivity index (χ1v) is 21.0. The van der Waals surface area contributed by atoms with Crippen LogP contribution in [0.25, 0.3) is 11.1 Å². The van der Waals surface area contributed by atoms with Crippen LogP contribution >= 0.6 is 11.6 Å². The van der Waals surface area contributed by atoms with Crippen LogP contribution in [0.1, 0.15) is 80.9 Å². The number of nitrogens with zero attached hydrogens (tertiary/aromatic N) is 2. The van der Waals surface area contributed by atoms with Gasteiger partial charge in [-0.05, 0) is 103 Å². The molecule has 1 unspecified atom stereocenters. The second-order valence-corrected chi connectivity index (χ2v) is 17.6. The predicted molar refractivity (Wildman–Crippen MR) is 204 cm³/mol. The molecule has 53 heavy (non-hydrogen) atoms. The van der Waals surface area contributed by atoms with Gasteiger partial charge in [0.25, 0.3) is 5.91 Å². The average molecular weight is 773 g/mol. The first-order chi connectivity index (χ1) is 25.2. The number of carbonyl (C=O) groups is 1. The number of hydrogen-bond donors (Lipinski definition) is 5. The van der Waals surface area contributed by atoms with Crippen molar-refractivity contribution in [3.05, 3.63) is 82.6 Å². The van der Waals surface area contributed by atoms with E-state index in [0.29, 0.717) is 18.9 Å². The monoisotopic (exact) mass is 772 g/mol. The molecular weight excluding hydrogens is 720 g/mol. The van der Waals surface area contributed by atoms with E-state index in [4.69, 9.17) is 21.4 Å². The number of aryl methyl sites for hydroxylation is 1. The van der Waals surface area contributed by atoms with E-state index in [1.54, 1.807) is 0 Å². The van der Waals surface area contributed by atoms with Crippen LogP contribution in [0.5, 0.6) is 5.75 Å². The molecule has 11 nitrogen and oxygen atoms in total. The number of para-hydroxylation sites is 1. The number of sulfone groups is 1. The Morgan fingerprint density at radius 2 is 1.75 bits per heavy atom. The van der Waals surface area contributed by atoms with Crippen molar-refractivity contribution in [1.82, 2.24) is 9.88 Å². The minimum absolute atomic E-state index is 0.0159. The van der Waals surface area contributed by atoms with Gasteiger partial charge in [0.2, 0.25) is 0 Å². The molecule has 2 fully saturated rings. The van der Waals surface area contributed by atoms with Crippen molar-refractivity contribution < 1.29 is 43.5 Å². The van der Waals surface area contributed by atoms with Crippen LogP contribution < -0.4 is 4.74 Å². The molecule has 2 aliphatic carbocycles. The third-order valence-electron chi connectivity index (χ3n) is 10.6. The van der Waals surface area contributed by atoms with E-state index in [0.717, 1.165) is 83.6 Å². The molecule has 1 heterocycles. The number of aromatic nitrogens is 1. The predicted octanol–water partition coefficient (Wildman–Crippen LogP) is 4.19. The van der Waals surface area contributed by atoms with Crippen molar-refractivity contribution in [3.63, 3.8) is 0 Å². The average Bonchev–Trinajstić information content (AvgIpc) is 4.10. The number of unbranched alkanes of at least 4 members (excludes halogenated alkanes) is 1. The van der Waals surface area contributed by atoms with Crippen molar-refractivity contribution >= 4 is 27.3 Å². The smallest absolute Gasteiger partial charge is 0.254 e. The van der Waals surface area contributed by atoms with Crippen molar-refractivity contribution in [3.8, 4) is 16.9 Å². The Hall–Kier alpha value is -3.10. The van der Waals surface area contributed by atoms with Crippen LogP contribution in [0.3, 0.4) is 0 Å². The summed E-state index contributed by atoms with van der Waals surface area (Å²) in [6.07, 6.45) is 5.31. The standard InChI is InChI=1S/C40H53ClN2O9S/c1-26(7-5-6-20-43(21-22-53(2,50)51)39(49)38(48)37(47)36(46)34(45)25-44)27-10-13-33(41)28(23-27)14-16-40(17-18-40)32-24-42-19-15-30(32)31-8-3-4-9-35(31)52-29-11-12-29/h3-4,8-10,13,15,19,23-24,26,29,34,36-38,44-48H,5-7,11-12,14,16-18,20-22,25H2,1-2H3/t26?,34-,36+,37-,38-/m0/s1. The Morgan fingerprint density at radius 1 is 1.02 bits per heavy atom. The summed E-state index contributed by atoms with van der Waals surface area (Å²) in [6, 6.07) is 16.5. The molecule has 1 aromatic heterocycles. The summed E-state index contributed by atoms with van der Waals surface area (Å²) in [5.74, 6) is -0.235. The Kier molecular flexibility index (Phi) is 14.0. The lowest BCUT2D eigenvalue weighted by Crippen LogP contribution is -2.53. The van der Waals surface area contributed by atoms with Gasteiger partial charge in [0.15, 0.2) is 6.10 Å². The summed E-state index contributed by atoms with van der Waals surface area (Å²) in [5, 5.41) is 50.1. The van der Waals surface area contributed by atoms with Gasteiger partial charge in [0.1, 0.15) is 33.9 Å². The highest BCUT2D eigenvalue weighted by Gasteiger charge is 2.45. The summed E-state index contributed by atoms with van der Waals surface area (Å²) < 4.78 is 30.0. The minimum atomic E-state index is -3.44. The van der Waals surface area contributed by atoms with E-state index < -0.39 is 46.8 Å². The van der Waals surface area contributed by atoms with Crippen LogP contribution in [0.4, 0.5) is 0 Å². The minimum Gasteiger partial charge on any atom is -0.490 e. The molecule has 0 aliphatic heterocycles. The normalized spacial score (nSPS) is 18.1. The molecule has 5 rings (SSSR count). The first-order valence-electron chi connectivity index (χ1n) is 18.5. The zero-order chi connectivity index (χ0) is 38.3. The summed E-state index contributed by atoms with van der Waals surface area (Å²) in [6.45, 7) is 1.14. The Labute approximate surface area is 317 Å². The number of hydrogen-bond acceptors (Lipinski definition) is 10. The van der Waals surface area contributed by atoms with E-state index in [1.807, 2.05) is 30.6 Å². The first kappa shape index (κ1) is 41.1. The molecule has 2 saturated carbocycles.